The molecule has 1 fully saturated rings. The molecule has 1 aliphatic rings. The van der Waals surface area contributed by atoms with E-state index in [9.17, 15) is 9.59 Å². The third-order valence-electron chi connectivity index (χ3n) is 4.92. The van der Waals surface area contributed by atoms with Gasteiger partial charge in [-0.3, -0.25) is 4.79 Å². The SMILES string of the molecule is C=C1NC(=O)N[C@H](c2ccc(OCCCC)cc2)[C@H]1C(=O)Nc1ccccc1OC. The van der Waals surface area contributed by atoms with Crippen LogP contribution >= 0.6 is 0 Å². The van der Waals surface area contributed by atoms with E-state index in [1.54, 1.807) is 19.2 Å². The molecule has 2 aromatic carbocycles. The van der Waals surface area contributed by atoms with Crippen LogP contribution in [0, 0.1) is 5.92 Å². The second-order valence-electron chi connectivity index (χ2n) is 7.04. The highest BCUT2D eigenvalue weighted by Gasteiger charge is 2.38. The highest BCUT2D eigenvalue weighted by molar-refractivity contribution is 5.98. The van der Waals surface area contributed by atoms with Crippen molar-refractivity contribution in [2.24, 2.45) is 5.92 Å². The molecule has 0 spiro atoms. The van der Waals surface area contributed by atoms with Crippen LogP contribution in [0.5, 0.6) is 11.5 Å². The summed E-state index contributed by atoms with van der Waals surface area (Å²) >= 11 is 0. The van der Waals surface area contributed by atoms with Crippen LogP contribution < -0.4 is 25.4 Å². The van der Waals surface area contributed by atoms with Crippen molar-refractivity contribution in [2.45, 2.75) is 25.8 Å². The number of rotatable bonds is 8. The molecule has 7 nitrogen and oxygen atoms in total. The Balaban J connectivity index is 1.81. The van der Waals surface area contributed by atoms with Gasteiger partial charge in [0.25, 0.3) is 0 Å². The highest BCUT2D eigenvalue weighted by Crippen LogP contribution is 2.32. The third-order valence-corrected chi connectivity index (χ3v) is 4.92. The van der Waals surface area contributed by atoms with Gasteiger partial charge in [-0.1, -0.05) is 44.2 Å². The summed E-state index contributed by atoms with van der Waals surface area (Å²) in [4.78, 5) is 25.2. The third kappa shape index (κ3) is 4.92. The Morgan fingerprint density at radius 2 is 1.90 bits per heavy atom. The number of anilines is 1. The first-order chi connectivity index (χ1) is 14.5. The van der Waals surface area contributed by atoms with Crippen molar-refractivity contribution >= 4 is 17.6 Å². The minimum absolute atomic E-state index is 0.301. The van der Waals surface area contributed by atoms with E-state index in [1.165, 1.54) is 0 Å². The molecular formula is C23H27N3O4. The molecule has 0 unspecified atom stereocenters. The van der Waals surface area contributed by atoms with Gasteiger partial charge in [0, 0.05) is 5.70 Å². The number of hydrogen-bond acceptors (Lipinski definition) is 4. The number of benzene rings is 2. The number of hydrogen-bond donors (Lipinski definition) is 3. The zero-order valence-electron chi connectivity index (χ0n) is 17.2. The number of para-hydroxylation sites is 2. The van der Waals surface area contributed by atoms with Gasteiger partial charge in [0.05, 0.1) is 25.4 Å². The van der Waals surface area contributed by atoms with Crippen LogP contribution in [0.3, 0.4) is 0 Å². The maximum atomic E-state index is 13.1. The largest absolute Gasteiger partial charge is 0.495 e. The first-order valence-electron chi connectivity index (χ1n) is 9.96. The topological polar surface area (TPSA) is 88.7 Å². The lowest BCUT2D eigenvalue weighted by atomic mass is 9.88. The standard InChI is InChI=1S/C23H27N3O4/c1-4-5-14-30-17-12-10-16(11-13-17)21-20(15(2)24-23(28)26-21)22(27)25-18-8-6-7-9-19(18)29-3/h6-13,20-21H,2,4-5,14H2,1,3H3,(H,25,27)(H2,24,26,28)/t20-,21+/m0/s1. The van der Waals surface area contributed by atoms with Gasteiger partial charge in [0.15, 0.2) is 0 Å². The summed E-state index contributed by atoms with van der Waals surface area (Å²) < 4.78 is 11.0. The fourth-order valence-electron chi connectivity index (χ4n) is 3.33. The van der Waals surface area contributed by atoms with E-state index in [4.69, 9.17) is 9.47 Å². The first kappa shape index (κ1) is 21.2. The molecule has 3 rings (SSSR count). The lowest BCUT2D eigenvalue weighted by Crippen LogP contribution is -2.51. The summed E-state index contributed by atoms with van der Waals surface area (Å²) in [7, 11) is 1.54. The number of nitrogens with one attached hydrogen (secondary N) is 3. The Labute approximate surface area is 176 Å². The number of urea groups is 1. The van der Waals surface area contributed by atoms with Gasteiger partial charge in [-0.25, -0.2) is 4.79 Å². The van der Waals surface area contributed by atoms with Crippen molar-refractivity contribution in [1.29, 1.82) is 0 Å². The Bertz CT molecular complexity index is 911. The number of carbonyl (C=O) groups excluding carboxylic acids is 2. The molecule has 0 aromatic heterocycles. The molecule has 0 saturated carbocycles. The average Bonchev–Trinajstić information content (AvgIpc) is 2.74. The summed E-state index contributed by atoms with van der Waals surface area (Å²) in [5, 5.41) is 8.33. The monoisotopic (exact) mass is 409 g/mol. The van der Waals surface area contributed by atoms with E-state index in [-0.39, 0.29) is 5.91 Å². The number of methoxy groups -OCH3 is 1. The molecular weight excluding hydrogens is 382 g/mol. The van der Waals surface area contributed by atoms with E-state index in [2.05, 4.69) is 29.5 Å². The quantitative estimate of drug-likeness (QED) is 0.575. The van der Waals surface area contributed by atoms with Gasteiger partial charge < -0.3 is 25.4 Å². The van der Waals surface area contributed by atoms with Crippen molar-refractivity contribution in [3.05, 3.63) is 66.4 Å². The maximum Gasteiger partial charge on any atom is 0.319 e. The van der Waals surface area contributed by atoms with E-state index in [1.807, 2.05) is 36.4 Å². The second kappa shape index (κ2) is 9.82. The van der Waals surface area contributed by atoms with Crippen molar-refractivity contribution in [2.75, 3.05) is 19.0 Å². The average molecular weight is 409 g/mol. The molecule has 3 N–H and O–H groups in total. The zero-order chi connectivity index (χ0) is 21.5. The van der Waals surface area contributed by atoms with Gasteiger partial charge in [0.2, 0.25) is 5.91 Å². The van der Waals surface area contributed by atoms with Crippen LogP contribution in [0.4, 0.5) is 10.5 Å². The highest BCUT2D eigenvalue weighted by atomic mass is 16.5. The molecule has 7 heteroatoms. The van der Waals surface area contributed by atoms with Gasteiger partial charge in [-0.05, 0) is 36.2 Å². The Kier molecular flexibility index (Phi) is 6.95. The van der Waals surface area contributed by atoms with Gasteiger partial charge in [-0.2, -0.15) is 0 Å². The summed E-state index contributed by atoms with van der Waals surface area (Å²) in [6, 6.07) is 13.6. The lowest BCUT2D eigenvalue weighted by Gasteiger charge is -2.34. The molecule has 1 heterocycles. The molecule has 0 aliphatic carbocycles. The van der Waals surface area contributed by atoms with E-state index in [0.29, 0.717) is 23.7 Å². The predicted molar refractivity (Wildman–Crippen MR) is 116 cm³/mol. The smallest absolute Gasteiger partial charge is 0.319 e. The molecule has 158 valence electrons. The van der Waals surface area contributed by atoms with Gasteiger partial charge in [0.1, 0.15) is 17.4 Å². The fraction of sp³-hybridized carbons (Fsp3) is 0.304. The number of ether oxygens (including phenoxy) is 2. The van der Waals surface area contributed by atoms with Crippen molar-refractivity contribution in [3.8, 4) is 11.5 Å². The maximum absolute atomic E-state index is 13.1. The summed E-state index contributed by atoms with van der Waals surface area (Å²) in [5.41, 5.74) is 1.67. The van der Waals surface area contributed by atoms with Crippen LogP contribution in [0.2, 0.25) is 0 Å². The second-order valence-corrected chi connectivity index (χ2v) is 7.04. The Morgan fingerprint density at radius 3 is 2.60 bits per heavy atom. The minimum Gasteiger partial charge on any atom is -0.495 e. The Hall–Kier alpha value is -3.48. The normalized spacial score (nSPS) is 18.2. The summed E-state index contributed by atoms with van der Waals surface area (Å²) in [6.45, 7) is 6.67. The fourth-order valence-corrected chi connectivity index (χ4v) is 3.33. The van der Waals surface area contributed by atoms with E-state index >= 15 is 0 Å². The zero-order valence-corrected chi connectivity index (χ0v) is 17.2. The number of carbonyl (C=O) groups is 2. The molecule has 2 aromatic rings. The predicted octanol–water partition coefficient (Wildman–Crippen LogP) is 4.00. The van der Waals surface area contributed by atoms with Crippen molar-refractivity contribution in [1.82, 2.24) is 10.6 Å². The van der Waals surface area contributed by atoms with Crippen molar-refractivity contribution < 1.29 is 19.1 Å². The van der Waals surface area contributed by atoms with E-state index in [0.717, 1.165) is 24.2 Å². The van der Waals surface area contributed by atoms with Crippen LogP contribution in [0.25, 0.3) is 0 Å². The Morgan fingerprint density at radius 1 is 1.17 bits per heavy atom. The number of amides is 3. The van der Waals surface area contributed by atoms with E-state index < -0.39 is 18.0 Å². The molecule has 3 amide bonds. The molecule has 0 bridgehead atoms. The van der Waals surface area contributed by atoms with Gasteiger partial charge >= 0.3 is 6.03 Å². The van der Waals surface area contributed by atoms with Crippen LogP contribution in [-0.4, -0.2) is 25.7 Å². The molecule has 2 atom stereocenters. The molecule has 1 aliphatic heterocycles. The lowest BCUT2D eigenvalue weighted by molar-refractivity contribution is -0.119. The van der Waals surface area contributed by atoms with Gasteiger partial charge in [-0.15, -0.1) is 0 Å². The van der Waals surface area contributed by atoms with Crippen LogP contribution in [0.1, 0.15) is 31.4 Å². The molecule has 1 saturated heterocycles. The molecule has 0 radical (unpaired) electrons. The minimum atomic E-state index is -0.709. The number of unbranched alkanes of at least 4 members (excludes halogenated alkanes) is 1. The van der Waals surface area contributed by atoms with Crippen LogP contribution in [-0.2, 0) is 4.79 Å². The first-order valence-corrected chi connectivity index (χ1v) is 9.96. The molecule has 30 heavy (non-hydrogen) atoms. The summed E-state index contributed by atoms with van der Waals surface area (Å²) in [5.74, 6) is 0.292. The van der Waals surface area contributed by atoms with Crippen LogP contribution in [0.15, 0.2) is 60.8 Å². The summed E-state index contributed by atoms with van der Waals surface area (Å²) in [6.07, 6.45) is 2.04. The van der Waals surface area contributed by atoms with Crippen molar-refractivity contribution in [3.63, 3.8) is 0 Å².